The highest BCUT2D eigenvalue weighted by molar-refractivity contribution is 6.07. The van der Waals surface area contributed by atoms with Gasteiger partial charge >= 0.3 is 5.97 Å². The number of methoxy groups -OCH3 is 3. The summed E-state index contributed by atoms with van der Waals surface area (Å²) >= 11 is 0. The SMILES string of the molecule is COc1cc(OC)cc(C(=O)C=Cc2ccc(OC)c(OC(C)=O)c2)c1. The van der Waals surface area contributed by atoms with Crippen LogP contribution in [0.2, 0.25) is 0 Å². The van der Waals surface area contributed by atoms with E-state index >= 15 is 0 Å². The summed E-state index contributed by atoms with van der Waals surface area (Å²) in [6.45, 7) is 1.31. The summed E-state index contributed by atoms with van der Waals surface area (Å²) in [5, 5.41) is 0. The Kier molecular flexibility index (Phi) is 6.38. The average molecular weight is 356 g/mol. The van der Waals surface area contributed by atoms with Crippen molar-refractivity contribution in [2.24, 2.45) is 0 Å². The summed E-state index contributed by atoms with van der Waals surface area (Å²) in [5.74, 6) is 1.11. The maximum atomic E-state index is 12.4. The second-order valence-corrected chi connectivity index (χ2v) is 5.30. The summed E-state index contributed by atoms with van der Waals surface area (Å²) in [7, 11) is 4.52. The van der Waals surface area contributed by atoms with Crippen LogP contribution in [0.4, 0.5) is 0 Å². The molecule has 6 nitrogen and oxygen atoms in total. The average Bonchev–Trinajstić information content (AvgIpc) is 2.65. The van der Waals surface area contributed by atoms with Gasteiger partial charge in [-0.2, -0.15) is 0 Å². The fourth-order valence-electron chi connectivity index (χ4n) is 2.25. The third kappa shape index (κ3) is 4.86. The Balaban J connectivity index is 2.26. The fourth-order valence-corrected chi connectivity index (χ4v) is 2.25. The molecule has 0 N–H and O–H groups in total. The van der Waals surface area contributed by atoms with Crippen LogP contribution in [0, 0.1) is 0 Å². The van der Waals surface area contributed by atoms with Crippen LogP contribution in [-0.2, 0) is 4.79 Å². The van der Waals surface area contributed by atoms with Gasteiger partial charge in [-0.05, 0) is 35.9 Å². The van der Waals surface area contributed by atoms with Gasteiger partial charge in [0.1, 0.15) is 11.5 Å². The predicted octanol–water partition coefficient (Wildman–Crippen LogP) is 3.53. The second kappa shape index (κ2) is 8.71. The van der Waals surface area contributed by atoms with Crippen LogP contribution in [-0.4, -0.2) is 33.1 Å². The van der Waals surface area contributed by atoms with Crippen molar-refractivity contribution >= 4 is 17.8 Å². The number of allylic oxidation sites excluding steroid dienone is 1. The second-order valence-electron chi connectivity index (χ2n) is 5.30. The first-order valence-corrected chi connectivity index (χ1v) is 7.78. The first-order chi connectivity index (χ1) is 12.5. The maximum Gasteiger partial charge on any atom is 0.308 e. The van der Waals surface area contributed by atoms with Crippen LogP contribution >= 0.6 is 0 Å². The largest absolute Gasteiger partial charge is 0.497 e. The zero-order chi connectivity index (χ0) is 19.1. The lowest BCUT2D eigenvalue weighted by atomic mass is 10.1. The molecular weight excluding hydrogens is 336 g/mol. The molecule has 0 bridgehead atoms. The zero-order valence-corrected chi connectivity index (χ0v) is 15.1. The Hall–Kier alpha value is -3.28. The van der Waals surface area contributed by atoms with E-state index < -0.39 is 5.97 Å². The van der Waals surface area contributed by atoms with Crippen LogP contribution in [0.25, 0.3) is 6.08 Å². The van der Waals surface area contributed by atoms with E-state index in [1.807, 2.05) is 0 Å². The molecular formula is C20H20O6. The molecule has 0 atom stereocenters. The van der Waals surface area contributed by atoms with Crippen molar-refractivity contribution in [2.45, 2.75) is 6.92 Å². The lowest BCUT2D eigenvalue weighted by molar-refractivity contribution is -0.132. The third-order valence-corrected chi connectivity index (χ3v) is 3.50. The number of carbonyl (C=O) groups excluding carboxylic acids is 2. The normalized spacial score (nSPS) is 10.5. The molecule has 0 aromatic heterocycles. The first kappa shape index (κ1) is 19.1. The number of rotatable bonds is 7. The molecule has 0 saturated carbocycles. The molecule has 2 aromatic carbocycles. The third-order valence-electron chi connectivity index (χ3n) is 3.50. The molecule has 0 fully saturated rings. The highest BCUT2D eigenvalue weighted by Gasteiger charge is 2.09. The van der Waals surface area contributed by atoms with Gasteiger partial charge in [0.25, 0.3) is 0 Å². The van der Waals surface area contributed by atoms with E-state index in [-0.39, 0.29) is 11.5 Å². The van der Waals surface area contributed by atoms with Crippen LogP contribution in [0.5, 0.6) is 23.0 Å². The Bertz CT molecular complexity index is 816. The number of benzene rings is 2. The van der Waals surface area contributed by atoms with Gasteiger partial charge in [-0.1, -0.05) is 12.1 Å². The van der Waals surface area contributed by atoms with Gasteiger partial charge in [0.2, 0.25) is 0 Å². The monoisotopic (exact) mass is 356 g/mol. The summed E-state index contributed by atoms with van der Waals surface area (Å²) in [4.78, 5) is 23.6. The molecule has 0 saturated heterocycles. The molecule has 0 aliphatic rings. The standard InChI is InChI=1S/C20H20O6/c1-13(21)26-20-9-14(6-8-19(20)25-4)5-7-18(22)15-10-16(23-2)12-17(11-15)24-3/h5-12H,1-4H3. The lowest BCUT2D eigenvalue weighted by Crippen LogP contribution is -2.03. The number of hydrogen-bond donors (Lipinski definition) is 0. The lowest BCUT2D eigenvalue weighted by Gasteiger charge is -2.08. The van der Waals surface area contributed by atoms with Gasteiger partial charge in [-0.25, -0.2) is 0 Å². The minimum atomic E-state index is -0.455. The van der Waals surface area contributed by atoms with Crippen LogP contribution < -0.4 is 18.9 Å². The van der Waals surface area contributed by atoms with E-state index in [2.05, 4.69) is 0 Å². The van der Waals surface area contributed by atoms with Crippen molar-refractivity contribution in [2.75, 3.05) is 21.3 Å². The molecule has 26 heavy (non-hydrogen) atoms. The molecule has 136 valence electrons. The molecule has 6 heteroatoms. The Morgan fingerprint density at radius 1 is 0.846 bits per heavy atom. The van der Waals surface area contributed by atoms with E-state index in [0.29, 0.717) is 28.4 Å². The van der Waals surface area contributed by atoms with E-state index in [9.17, 15) is 9.59 Å². The Morgan fingerprint density at radius 2 is 1.50 bits per heavy atom. The van der Waals surface area contributed by atoms with E-state index in [0.717, 1.165) is 0 Å². The summed E-state index contributed by atoms with van der Waals surface area (Å²) in [6, 6.07) is 9.99. The van der Waals surface area contributed by atoms with Gasteiger partial charge in [0, 0.05) is 18.6 Å². The van der Waals surface area contributed by atoms with Crippen molar-refractivity contribution in [1.82, 2.24) is 0 Å². The number of hydrogen-bond acceptors (Lipinski definition) is 6. The van der Waals surface area contributed by atoms with Crippen molar-refractivity contribution in [1.29, 1.82) is 0 Å². The quantitative estimate of drug-likeness (QED) is 0.327. The maximum absolute atomic E-state index is 12.4. The van der Waals surface area contributed by atoms with Gasteiger partial charge in [-0.3, -0.25) is 9.59 Å². The molecule has 0 aliphatic carbocycles. The van der Waals surface area contributed by atoms with Crippen LogP contribution in [0.3, 0.4) is 0 Å². The highest BCUT2D eigenvalue weighted by Crippen LogP contribution is 2.29. The number of ketones is 1. The van der Waals surface area contributed by atoms with Crippen LogP contribution in [0.1, 0.15) is 22.8 Å². The van der Waals surface area contributed by atoms with Gasteiger partial charge in [-0.15, -0.1) is 0 Å². The van der Waals surface area contributed by atoms with Gasteiger partial charge in [0.15, 0.2) is 17.3 Å². The van der Waals surface area contributed by atoms with Crippen molar-refractivity contribution < 1.29 is 28.5 Å². The summed E-state index contributed by atoms with van der Waals surface area (Å²) in [6.07, 6.45) is 3.05. The zero-order valence-electron chi connectivity index (χ0n) is 15.1. The molecule has 2 rings (SSSR count). The molecule has 0 heterocycles. The minimum absolute atomic E-state index is 0.216. The molecule has 2 aromatic rings. The number of carbonyl (C=O) groups is 2. The molecule has 0 aliphatic heterocycles. The van der Waals surface area contributed by atoms with E-state index in [1.54, 1.807) is 42.5 Å². The number of esters is 1. The predicted molar refractivity (Wildman–Crippen MR) is 97.2 cm³/mol. The highest BCUT2D eigenvalue weighted by atomic mass is 16.6. The number of ether oxygens (including phenoxy) is 4. The first-order valence-electron chi connectivity index (χ1n) is 7.78. The van der Waals surface area contributed by atoms with Crippen molar-refractivity contribution in [3.63, 3.8) is 0 Å². The topological polar surface area (TPSA) is 71.1 Å². The van der Waals surface area contributed by atoms with Gasteiger partial charge in [0.05, 0.1) is 21.3 Å². The Morgan fingerprint density at radius 3 is 2.04 bits per heavy atom. The smallest absolute Gasteiger partial charge is 0.308 e. The summed E-state index contributed by atoms with van der Waals surface area (Å²) < 4.78 is 20.6. The minimum Gasteiger partial charge on any atom is -0.497 e. The fraction of sp³-hybridized carbons (Fsp3) is 0.200. The van der Waals surface area contributed by atoms with Crippen molar-refractivity contribution in [3.8, 4) is 23.0 Å². The van der Waals surface area contributed by atoms with Crippen molar-refractivity contribution in [3.05, 3.63) is 53.6 Å². The molecule has 0 radical (unpaired) electrons. The van der Waals surface area contributed by atoms with Gasteiger partial charge < -0.3 is 18.9 Å². The Labute approximate surface area is 151 Å². The molecule has 0 amide bonds. The van der Waals surface area contributed by atoms with E-state index in [1.165, 1.54) is 34.3 Å². The molecule has 0 unspecified atom stereocenters. The summed E-state index contributed by atoms with van der Waals surface area (Å²) in [5.41, 5.74) is 1.12. The van der Waals surface area contributed by atoms with Crippen LogP contribution in [0.15, 0.2) is 42.5 Å². The molecule has 0 spiro atoms. The van der Waals surface area contributed by atoms with E-state index in [4.69, 9.17) is 18.9 Å².